The van der Waals surface area contributed by atoms with E-state index in [1.54, 1.807) is 0 Å². The molecule has 0 aromatic carbocycles. The SMILES string of the molecule is Nc1nnc(CN2CCC(CO)C2)s1. The predicted octanol–water partition coefficient (Wildman–Crippen LogP) is -0.0655. The van der Waals surface area contributed by atoms with Crippen LogP contribution in [0.15, 0.2) is 0 Å². The highest BCUT2D eigenvalue weighted by molar-refractivity contribution is 7.15. The highest BCUT2D eigenvalue weighted by atomic mass is 32.1. The molecule has 1 saturated heterocycles. The van der Waals surface area contributed by atoms with Gasteiger partial charge in [0.1, 0.15) is 5.01 Å². The second-order valence-electron chi connectivity index (χ2n) is 3.61. The van der Waals surface area contributed by atoms with Crippen LogP contribution in [-0.2, 0) is 6.54 Å². The molecule has 5 nitrogen and oxygen atoms in total. The monoisotopic (exact) mass is 214 g/mol. The van der Waals surface area contributed by atoms with E-state index in [9.17, 15) is 0 Å². The third-order valence-electron chi connectivity index (χ3n) is 2.47. The number of aliphatic hydroxyl groups excluding tert-OH is 1. The molecule has 1 unspecified atom stereocenters. The Morgan fingerprint density at radius 3 is 3.00 bits per heavy atom. The van der Waals surface area contributed by atoms with E-state index in [1.807, 2.05) is 0 Å². The number of rotatable bonds is 3. The minimum absolute atomic E-state index is 0.286. The van der Waals surface area contributed by atoms with Gasteiger partial charge in [0.15, 0.2) is 0 Å². The van der Waals surface area contributed by atoms with E-state index >= 15 is 0 Å². The maximum absolute atomic E-state index is 8.98. The van der Waals surface area contributed by atoms with E-state index in [1.165, 1.54) is 11.3 Å². The van der Waals surface area contributed by atoms with Crippen molar-refractivity contribution in [3.63, 3.8) is 0 Å². The molecule has 3 N–H and O–H groups in total. The average Bonchev–Trinajstić information content (AvgIpc) is 2.76. The minimum Gasteiger partial charge on any atom is -0.396 e. The van der Waals surface area contributed by atoms with Gasteiger partial charge < -0.3 is 10.8 Å². The molecule has 2 heterocycles. The van der Waals surface area contributed by atoms with Crippen molar-refractivity contribution in [2.75, 3.05) is 25.4 Å². The molecule has 6 heteroatoms. The first-order valence-electron chi connectivity index (χ1n) is 4.69. The zero-order valence-electron chi connectivity index (χ0n) is 7.89. The lowest BCUT2D eigenvalue weighted by molar-refractivity contribution is 0.220. The molecule has 1 aromatic heterocycles. The van der Waals surface area contributed by atoms with Gasteiger partial charge in [-0.15, -0.1) is 10.2 Å². The summed E-state index contributed by atoms with van der Waals surface area (Å²) in [7, 11) is 0. The number of aromatic nitrogens is 2. The number of nitrogens with zero attached hydrogens (tertiary/aromatic N) is 3. The molecule has 1 aliphatic rings. The summed E-state index contributed by atoms with van der Waals surface area (Å²) in [6.45, 7) is 3.08. The van der Waals surface area contributed by atoms with Gasteiger partial charge in [-0.05, 0) is 18.9 Å². The van der Waals surface area contributed by atoms with Crippen molar-refractivity contribution < 1.29 is 5.11 Å². The van der Waals surface area contributed by atoms with Crippen LogP contribution in [0.4, 0.5) is 5.13 Å². The minimum atomic E-state index is 0.286. The van der Waals surface area contributed by atoms with Gasteiger partial charge in [0, 0.05) is 13.2 Å². The van der Waals surface area contributed by atoms with Crippen molar-refractivity contribution >= 4 is 16.5 Å². The van der Waals surface area contributed by atoms with Crippen LogP contribution >= 0.6 is 11.3 Å². The Kier molecular flexibility index (Phi) is 2.95. The van der Waals surface area contributed by atoms with Crippen LogP contribution in [0.25, 0.3) is 0 Å². The molecule has 0 spiro atoms. The van der Waals surface area contributed by atoms with Gasteiger partial charge in [0.2, 0.25) is 5.13 Å². The van der Waals surface area contributed by atoms with Crippen LogP contribution in [0.2, 0.25) is 0 Å². The molecule has 2 rings (SSSR count). The lowest BCUT2D eigenvalue weighted by Gasteiger charge is -2.12. The highest BCUT2D eigenvalue weighted by Gasteiger charge is 2.22. The fourth-order valence-electron chi connectivity index (χ4n) is 1.73. The molecule has 1 atom stereocenters. The summed E-state index contributed by atoms with van der Waals surface area (Å²) in [6.07, 6.45) is 1.07. The predicted molar refractivity (Wildman–Crippen MR) is 54.8 cm³/mol. The molecule has 14 heavy (non-hydrogen) atoms. The van der Waals surface area contributed by atoms with E-state index in [0.29, 0.717) is 11.0 Å². The number of hydrogen-bond acceptors (Lipinski definition) is 6. The summed E-state index contributed by atoms with van der Waals surface area (Å²) in [5.74, 6) is 0.431. The molecule has 1 fully saturated rings. The van der Waals surface area contributed by atoms with Crippen molar-refractivity contribution in [1.29, 1.82) is 0 Å². The van der Waals surface area contributed by atoms with Gasteiger partial charge in [-0.1, -0.05) is 11.3 Å². The van der Waals surface area contributed by atoms with E-state index in [0.717, 1.165) is 31.1 Å². The maximum atomic E-state index is 8.98. The Balaban J connectivity index is 1.87. The number of hydrogen-bond donors (Lipinski definition) is 2. The van der Waals surface area contributed by atoms with Gasteiger partial charge in [-0.25, -0.2) is 0 Å². The van der Waals surface area contributed by atoms with Crippen LogP contribution in [0.5, 0.6) is 0 Å². The summed E-state index contributed by atoms with van der Waals surface area (Å²) < 4.78 is 0. The molecular weight excluding hydrogens is 200 g/mol. The number of anilines is 1. The smallest absolute Gasteiger partial charge is 0.203 e. The van der Waals surface area contributed by atoms with E-state index in [2.05, 4.69) is 15.1 Å². The third kappa shape index (κ3) is 2.20. The molecule has 0 saturated carbocycles. The normalized spacial score (nSPS) is 23.1. The zero-order valence-corrected chi connectivity index (χ0v) is 8.70. The van der Waals surface area contributed by atoms with E-state index < -0.39 is 0 Å². The number of nitrogen functional groups attached to an aromatic ring is 1. The zero-order chi connectivity index (χ0) is 9.97. The molecular formula is C8H14N4OS. The Labute approximate surface area is 86.6 Å². The molecule has 1 aliphatic heterocycles. The lowest BCUT2D eigenvalue weighted by Crippen LogP contribution is -2.20. The fourth-order valence-corrected chi connectivity index (χ4v) is 2.38. The van der Waals surface area contributed by atoms with Crippen LogP contribution in [-0.4, -0.2) is 39.9 Å². The standard InChI is InChI=1S/C8H14N4OS/c9-8-11-10-7(14-8)4-12-2-1-6(3-12)5-13/h6,13H,1-5H2,(H2,9,11). The van der Waals surface area contributed by atoms with Gasteiger partial charge >= 0.3 is 0 Å². The Morgan fingerprint density at radius 1 is 1.57 bits per heavy atom. The highest BCUT2D eigenvalue weighted by Crippen LogP contribution is 2.20. The lowest BCUT2D eigenvalue weighted by atomic mass is 10.1. The van der Waals surface area contributed by atoms with Crippen LogP contribution in [0.3, 0.4) is 0 Å². The molecule has 78 valence electrons. The molecule has 0 bridgehead atoms. The average molecular weight is 214 g/mol. The summed E-state index contributed by atoms with van der Waals surface area (Å²) >= 11 is 1.43. The van der Waals surface area contributed by atoms with Crippen molar-refractivity contribution in [3.8, 4) is 0 Å². The molecule has 0 radical (unpaired) electrons. The van der Waals surface area contributed by atoms with Gasteiger partial charge in [0.05, 0.1) is 6.54 Å². The number of likely N-dealkylation sites (tertiary alicyclic amines) is 1. The van der Waals surface area contributed by atoms with Gasteiger partial charge in [0.25, 0.3) is 0 Å². The Morgan fingerprint density at radius 2 is 2.43 bits per heavy atom. The maximum Gasteiger partial charge on any atom is 0.203 e. The fraction of sp³-hybridized carbons (Fsp3) is 0.750. The Bertz CT molecular complexity index is 303. The van der Waals surface area contributed by atoms with Crippen molar-refractivity contribution in [1.82, 2.24) is 15.1 Å². The molecule has 0 amide bonds. The third-order valence-corrected chi connectivity index (χ3v) is 3.21. The first kappa shape index (κ1) is 9.82. The van der Waals surface area contributed by atoms with Crippen LogP contribution in [0, 0.1) is 5.92 Å². The summed E-state index contributed by atoms with van der Waals surface area (Å²) in [6, 6.07) is 0. The summed E-state index contributed by atoms with van der Waals surface area (Å²) in [5.41, 5.74) is 5.49. The quantitative estimate of drug-likeness (QED) is 0.737. The van der Waals surface area contributed by atoms with Gasteiger partial charge in [-0.3, -0.25) is 4.90 Å². The van der Waals surface area contributed by atoms with Crippen molar-refractivity contribution in [2.45, 2.75) is 13.0 Å². The van der Waals surface area contributed by atoms with Crippen molar-refractivity contribution in [3.05, 3.63) is 5.01 Å². The largest absolute Gasteiger partial charge is 0.396 e. The summed E-state index contributed by atoms with van der Waals surface area (Å²) in [5, 5.41) is 18.2. The number of aliphatic hydroxyl groups is 1. The molecule has 0 aliphatic carbocycles. The first-order chi connectivity index (χ1) is 6.78. The van der Waals surface area contributed by atoms with E-state index in [4.69, 9.17) is 10.8 Å². The number of nitrogens with two attached hydrogens (primary N) is 1. The molecule has 1 aromatic rings. The van der Waals surface area contributed by atoms with Crippen molar-refractivity contribution in [2.24, 2.45) is 5.92 Å². The topological polar surface area (TPSA) is 75.3 Å². The van der Waals surface area contributed by atoms with Gasteiger partial charge in [-0.2, -0.15) is 0 Å². The first-order valence-corrected chi connectivity index (χ1v) is 5.50. The van der Waals surface area contributed by atoms with Crippen LogP contribution < -0.4 is 5.73 Å². The summed E-state index contributed by atoms with van der Waals surface area (Å²) in [4.78, 5) is 2.28. The van der Waals surface area contributed by atoms with E-state index in [-0.39, 0.29) is 6.61 Å². The second-order valence-corrected chi connectivity index (χ2v) is 4.70. The Hall–Kier alpha value is -0.720. The van der Waals surface area contributed by atoms with Crippen LogP contribution in [0.1, 0.15) is 11.4 Å². The second kappa shape index (κ2) is 4.20.